The number of aryl methyl sites for hydroxylation is 2. The van der Waals surface area contributed by atoms with E-state index in [0.717, 1.165) is 17.5 Å². The summed E-state index contributed by atoms with van der Waals surface area (Å²) in [5, 5.41) is 5.12. The highest BCUT2D eigenvalue weighted by Gasteiger charge is 2.33. The van der Waals surface area contributed by atoms with Gasteiger partial charge in [-0.05, 0) is 38.3 Å². The third-order valence-corrected chi connectivity index (χ3v) is 4.25. The first kappa shape index (κ1) is 18.8. The average molecular weight is 347 g/mol. The minimum absolute atomic E-state index is 0.136. The molecule has 1 saturated heterocycles. The Kier molecular flexibility index (Phi) is 6.38. The van der Waals surface area contributed by atoms with Crippen molar-refractivity contribution in [1.82, 2.24) is 15.5 Å². The molecule has 1 aromatic carbocycles. The summed E-state index contributed by atoms with van der Waals surface area (Å²) in [6, 6.07) is 5.27. The molecule has 0 unspecified atom stereocenters. The number of likely N-dealkylation sites (N-methyl/N-ethyl adjacent to an activating group) is 1. The Morgan fingerprint density at radius 1 is 1.28 bits per heavy atom. The molecule has 0 bridgehead atoms. The van der Waals surface area contributed by atoms with Gasteiger partial charge in [-0.2, -0.15) is 0 Å². The van der Waals surface area contributed by atoms with Gasteiger partial charge in [-0.25, -0.2) is 0 Å². The molecule has 1 heterocycles. The maximum atomic E-state index is 12.2. The van der Waals surface area contributed by atoms with Gasteiger partial charge in [0.2, 0.25) is 11.8 Å². The van der Waals surface area contributed by atoms with Crippen LogP contribution in [0.2, 0.25) is 0 Å². The first-order valence-corrected chi connectivity index (χ1v) is 8.40. The minimum Gasteiger partial charge on any atom is -0.484 e. The van der Waals surface area contributed by atoms with Crippen molar-refractivity contribution in [3.8, 4) is 5.75 Å². The largest absolute Gasteiger partial charge is 0.484 e. The zero-order valence-corrected chi connectivity index (χ0v) is 14.9. The number of amides is 3. The van der Waals surface area contributed by atoms with Crippen molar-refractivity contribution in [2.24, 2.45) is 0 Å². The van der Waals surface area contributed by atoms with Crippen LogP contribution in [0.3, 0.4) is 0 Å². The first-order valence-electron chi connectivity index (χ1n) is 8.40. The molecule has 7 heteroatoms. The zero-order chi connectivity index (χ0) is 18.4. The van der Waals surface area contributed by atoms with Gasteiger partial charge >= 0.3 is 0 Å². The third kappa shape index (κ3) is 4.95. The number of benzene rings is 1. The van der Waals surface area contributed by atoms with Gasteiger partial charge in [0.1, 0.15) is 11.8 Å². The number of nitrogens with one attached hydrogen (secondary N) is 2. The lowest BCUT2D eigenvalue weighted by Crippen LogP contribution is -2.48. The second-order valence-electron chi connectivity index (χ2n) is 6.19. The Bertz CT molecular complexity index is 660. The molecule has 1 aromatic rings. The topological polar surface area (TPSA) is 87.7 Å². The second kappa shape index (κ2) is 8.50. The lowest BCUT2D eigenvalue weighted by Gasteiger charge is -2.23. The zero-order valence-electron chi connectivity index (χ0n) is 14.9. The van der Waals surface area contributed by atoms with Crippen LogP contribution in [0.25, 0.3) is 0 Å². The smallest absolute Gasteiger partial charge is 0.258 e. The molecule has 0 saturated carbocycles. The summed E-state index contributed by atoms with van der Waals surface area (Å²) in [6.07, 6.45) is 1.43. The van der Waals surface area contributed by atoms with Gasteiger partial charge in [0.25, 0.3) is 5.91 Å². The summed E-state index contributed by atoms with van der Waals surface area (Å²) in [7, 11) is 1.55. The van der Waals surface area contributed by atoms with Crippen molar-refractivity contribution < 1.29 is 19.1 Å². The van der Waals surface area contributed by atoms with E-state index < -0.39 is 6.04 Å². The number of carbonyl (C=O) groups excluding carboxylic acids is 3. The summed E-state index contributed by atoms with van der Waals surface area (Å²) in [5.41, 5.74) is 2.07. The summed E-state index contributed by atoms with van der Waals surface area (Å²) < 4.78 is 5.49. The molecule has 25 heavy (non-hydrogen) atoms. The van der Waals surface area contributed by atoms with Crippen molar-refractivity contribution in [3.05, 3.63) is 29.3 Å². The molecule has 0 spiro atoms. The highest BCUT2D eigenvalue weighted by Crippen LogP contribution is 2.19. The quantitative estimate of drug-likeness (QED) is 0.786. The summed E-state index contributed by atoms with van der Waals surface area (Å²) in [5.74, 6) is -0.156. The van der Waals surface area contributed by atoms with Gasteiger partial charge < -0.3 is 20.3 Å². The van der Waals surface area contributed by atoms with Gasteiger partial charge in [0.15, 0.2) is 6.61 Å². The third-order valence-electron chi connectivity index (χ3n) is 4.25. The van der Waals surface area contributed by atoms with Crippen LogP contribution in [-0.2, 0) is 14.4 Å². The number of likely N-dealkylation sites (tertiary alicyclic amines) is 1. The van der Waals surface area contributed by atoms with Gasteiger partial charge in [0, 0.05) is 13.6 Å². The molecule has 2 N–H and O–H groups in total. The highest BCUT2D eigenvalue weighted by molar-refractivity contribution is 5.90. The standard InChI is InChI=1S/C18H25N3O4/c1-12-6-7-15(13(2)9-12)25-11-16(22)20-10-17(23)21-8-4-5-14(21)18(24)19-3/h6-7,9,14H,4-5,8,10-11H2,1-3H3,(H,19,24)(H,20,22)/t14-/m1/s1. The monoisotopic (exact) mass is 347 g/mol. The van der Waals surface area contributed by atoms with Crippen molar-refractivity contribution in [2.45, 2.75) is 32.7 Å². The van der Waals surface area contributed by atoms with Crippen LogP contribution in [0.1, 0.15) is 24.0 Å². The van der Waals surface area contributed by atoms with Crippen LogP contribution in [0.15, 0.2) is 18.2 Å². The van der Waals surface area contributed by atoms with Crippen molar-refractivity contribution in [3.63, 3.8) is 0 Å². The Hall–Kier alpha value is -2.57. The molecule has 1 atom stereocenters. The Morgan fingerprint density at radius 2 is 2.04 bits per heavy atom. The van der Waals surface area contributed by atoms with E-state index >= 15 is 0 Å². The molecule has 3 amide bonds. The number of hydrogen-bond acceptors (Lipinski definition) is 4. The molecule has 0 aliphatic carbocycles. The Labute approximate surface area is 147 Å². The molecule has 1 aliphatic heterocycles. The van der Waals surface area contributed by atoms with E-state index in [-0.39, 0.29) is 30.9 Å². The molecular weight excluding hydrogens is 322 g/mol. The van der Waals surface area contributed by atoms with Gasteiger partial charge in [-0.3, -0.25) is 14.4 Å². The van der Waals surface area contributed by atoms with Crippen molar-refractivity contribution >= 4 is 17.7 Å². The van der Waals surface area contributed by atoms with E-state index in [2.05, 4.69) is 10.6 Å². The molecule has 1 aliphatic rings. The molecule has 7 nitrogen and oxygen atoms in total. The number of ether oxygens (including phenoxy) is 1. The van der Waals surface area contributed by atoms with E-state index in [4.69, 9.17) is 4.74 Å². The average Bonchev–Trinajstić information content (AvgIpc) is 3.08. The number of rotatable bonds is 6. The van der Waals surface area contributed by atoms with E-state index in [1.54, 1.807) is 7.05 Å². The maximum Gasteiger partial charge on any atom is 0.258 e. The fourth-order valence-electron chi connectivity index (χ4n) is 2.94. The van der Waals surface area contributed by atoms with Crippen molar-refractivity contribution in [2.75, 3.05) is 26.7 Å². The molecule has 1 fully saturated rings. The predicted octanol–water partition coefficient (Wildman–Crippen LogP) is 0.535. The maximum absolute atomic E-state index is 12.2. The van der Waals surface area contributed by atoms with Crippen molar-refractivity contribution in [1.29, 1.82) is 0 Å². The summed E-state index contributed by atoms with van der Waals surface area (Å²) in [6.45, 7) is 4.14. The lowest BCUT2D eigenvalue weighted by molar-refractivity contribution is -0.138. The lowest BCUT2D eigenvalue weighted by atomic mass is 10.1. The molecule has 2 rings (SSSR count). The second-order valence-corrected chi connectivity index (χ2v) is 6.19. The summed E-state index contributed by atoms with van der Waals surface area (Å²) in [4.78, 5) is 37.4. The van der Waals surface area contributed by atoms with Crippen LogP contribution in [-0.4, -0.2) is 55.4 Å². The van der Waals surface area contributed by atoms with E-state index in [1.807, 2.05) is 32.0 Å². The Balaban J connectivity index is 1.79. The van der Waals surface area contributed by atoms with Gasteiger partial charge in [-0.1, -0.05) is 17.7 Å². The van der Waals surface area contributed by atoms with Crippen LogP contribution in [0, 0.1) is 13.8 Å². The van der Waals surface area contributed by atoms with Crippen LogP contribution < -0.4 is 15.4 Å². The Morgan fingerprint density at radius 3 is 2.72 bits per heavy atom. The molecule has 0 radical (unpaired) electrons. The first-order chi connectivity index (χ1) is 11.9. The SMILES string of the molecule is CNC(=O)[C@H]1CCCN1C(=O)CNC(=O)COc1ccc(C)cc1C. The van der Waals surface area contributed by atoms with E-state index in [9.17, 15) is 14.4 Å². The number of nitrogens with zero attached hydrogens (tertiary/aromatic N) is 1. The van der Waals surface area contributed by atoms with Gasteiger partial charge in [-0.15, -0.1) is 0 Å². The molecular formula is C18H25N3O4. The molecule has 0 aromatic heterocycles. The van der Waals surface area contributed by atoms with Gasteiger partial charge in [0.05, 0.1) is 6.54 Å². The number of hydrogen-bond donors (Lipinski definition) is 2. The van der Waals surface area contributed by atoms with E-state index in [1.165, 1.54) is 4.90 Å². The van der Waals surface area contributed by atoms with Crippen LogP contribution in [0.4, 0.5) is 0 Å². The van der Waals surface area contributed by atoms with Crippen LogP contribution >= 0.6 is 0 Å². The normalized spacial score (nSPS) is 16.4. The fourth-order valence-corrected chi connectivity index (χ4v) is 2.94. The minimum atomic E-state index is -0.444. The summed E-state index contributed by atoms with van der Waals surface area (Å²) >= 11 is 0. The highest BCUT2D eigenvalue weighted by atomic mass is 16.5. The predicted molar refractivity (Wildman–Crippen MR) is 93.2 cm³/mol. The van der Waals surface area contributed by atoms with E-state index in [0.29, 0.717) is 18.7 Å². The fraction of sp³-hybridized carbons (Fsp3) is 0.500. The number of carbonyl (C=O) groups is 3. The van der Waals surface area contributed by atoms with Crippen LogP contribution in [0.5, 0.6) is 5.75 Å². The molecule has 136 valence electrons.